The molecule has 0 aromatic rings. The molecule has 1 aliphatic carbocycles. The highest BCUT2D eigenvalue weighted by molar-refractivity contribution is 5.79. The van der Waals surface area contributed by atoms with Gasteiger partial charge in [-0.15, -0.1) is 0 Å². The van der Waals surface area contributed by atoms with Gasteiger partial charge in [-0.1, -0.05) is 20.8 Å². The maximum Gasteiger partial charge on any atom is 0.239 e. The predicted molar refractivity (Wildman–Crippen MR) is 71.0 cm³/mol. The van der Waals surface area contributed by atoms with Crippen molar-refractivity contribution >= 4 is 5.91 Å². The third-order valence-electron chi connectivity index (χ3n) is 4.52. The molecule has 19 heavy (non-hydrogen) atoms. The lowest BCUT2D eigenvalue weighted by atomic mass is 9.67. The molecule has 0 N–H and O–H groups in total. The first-order valence-corrected chi connectivity index (χ1v) is 7.34. The predicted octanol–water partition coefficient (Wildman–Crippen LogP) is 3.56. The Morgan fingerprint density at radius 2 is 1.95 bits per heavy atom. The average Bonchev–Trinajstić information content (AvgIpc) is 2.18. The molecule has 1 heterocycles. The standard InChI is InChI=1S/C15H25F2NO/c1-10-4-12(7-15(2,3)6-10)14(19)18-8-11(9-18)5-13(16)17/h10-13H,4-9H2,1-3H3. The van der Waals surface area contributed by atoms with E-state index in [9.17, 15) is 13.6 Å². The number of nitrogens with zero attached hydrogens (tertiary/aromatic N) is 1. The van der Waals surface area contributed by atoms with E-state index >= 15 is 0 Å². The third kappa shape index (κ3) is 3.67. The van der Waals surface area contributed by atoms with Gasteiger partial charge in [-0.3, -0.25) is 4.79 Å². The highest BCUT2D eigenvalue weighted by atomic mass is 19.3. The van der Waals surface area contributed by atoms with Gasteiger partial charge in [0.05, 0.1) is 0 Å². The maximum absolute atomic E-state index is 12.4. The van der Waals surface area contributed by atoms with Crippen LogP contribution >= 0.6 is 0 Å². The van der Waals surface area contributed by atoms with Crippen LogP contribution in [0.1, 0.15) is 46.5 Å². The molecule has 1 saturated carbocycles. The number of amides is 1. The molecule has 2 fully saturated rings. The van der Waals surface area contributed by atoms with Crippen LogP contribution in [0, 0.1) is 23.2 Å². The quantitative estimate of drug-likeness (QED) is 0.770. The summed E-state index contributed by atoms with van der Waals surface area (Å²) in [5.41, 5.74) is 0.227. The van der Waals surface area contributed by atoms with Gasteiger partial charge in [0.2, 0.25) is 12.3 Å². The second-order valence-corrected chi connectivity index (χ2v) is 7.35. The van der Waals surface area contributed by atoms with Crippen molar-refractivity contribution in [1.29, 1.82) is 0 Å². The van der Waals surface area contributed by atoms with Gasteiger partial charge in [0, 0.05) is 25.4 Å². The first-order chi connectivity index (χ1) is 8.77. The van der Waals surface area contributed by atoms with Crippen molar-refractivity contribution in [3.8, 4) is 0 Å². The molecule has 2 atom stereocenters. The number of rotatable bonds is 3. The number of carbonyl (C=O) groups is 1. The molecule has 0 aromatic heterocycles. The molecule has 0 bridgehead atoms. The largest absolute Gasteiger partial charge is 0.342 e. The maximum atomic E-state index is 12.4. The van der Waals surface area contributed by atoms with Crippen LogP contribution in [0.3, 0.4) is 0 Å². The van der Waals surface area contributed by atoms with Gasteiger partial charge in [-0.05, 0) is 36.5 Å². The molecule has 1 amide bonds. The zero-order chi connectivity index (χ0) is 14.2. The van der Waals surface area contributed by atoms with Crippen molar-refractivity contribution in [1.82, 2.24) is 4.90 Å². The van der Waals surface area contributed by atoms with Crippen molar-refractivity contribution in [2.45, 2.75) is 52.9 Å². The molecular weight excluding hydrogens is 248 g/mol. The molecule has 0 radical (unpaired) electrons. The van der Waals surface area contributed by atoms with Crippen LogP contribution < -0.4 is 0 Å². The van der Waals surface area contributed by atoms with Crippen LogP contribution in [0.2, 0.25) is 0 Å². The van der Waals surface area contributed by atoms with Crippen LogP contribution in [0.5, 0.6) is 0 Å². The zero-order valence-electron chi connectivity index (χ0n) is 12.2. The highest BCUT2D eigenvalue weighted by Crippen LogP contribution is 2.42. The molecule has 1 saturated heterocycles. The third-order valence-corrected chi connectivity index (χ3v) is 4.52. The van der Waals surface area contributed by atoms with Crippen LogP contribution in [-0.2, 0) is 4.79 Å². The smallest absolute Gasteiger partial charge is 0.239 e. The molecule has 2 rings (SSSR count). The van der Waals surface area contributed by atoms with E-state index in [1.165, 1.54) is 6.42 Å². The highest BCUT2D eigenvalue weighted by Gasteiger charge is 2.40. The average molecular weight is 273 g/mol. The molecule has 0 spiro atoms. The number of likely N-dealkylation sites (tertiary alicyclic amines) is 1. The van der Waals surface area contributed by atoms with E-state index in [0.29, 0.717) is 19.0 Å². The Morgan fingerprint density at radius 1 is 1.32 bits per heavy atom. The SMILES string of the molecule is CC1CC(C(=O)N2CC(CC(F)F)C2)CC(C)(C)C1. The summed E-state index contributed by atoms with van der Waals surface area (Å²) in [6.45, 7) is 7.72. The van der Waals surface area contributed by atoms with E-state index in [-0.39, 0.29) is 29.6 Å². The van der Waals surface area contributed by atoms with E-state index in [0.717, 1.165) is 12.8 Å². The lowest BCUT2D eigenvalue weighted by Gasteiger charge is -2.45. The minimum Gasteiger partial charge on any atom is -0.342 e. The van der Waals surface area contributed by atoms with Crippen molar-refractivity contribution in [3.63, 3.8) is 0 Å². The van der Waals surface area contributed by atoms with Gasteiger partial charge in [0.15, 0.2) is 0 Å². The van der Waals surface area contributed by atoms with Crippen LogP contribution in [-0.4, -0.2) is 30.3 Å². The van der Waals surface area contributed by atoms with Crippen molar-refractivity contribution in [2.24, 2.45) is 23.2 Å². The molecular formula is C15H25F2NO. The summed E-state index contributed by atoms with van der Waals surface area (Å²) in [4.78, 5) is 14.2. The lowest BCUT2D eigenvalue weighted by Crippen LogP contribution is -2.53. The summed E-state index contributed by atoms with van der Waals surface area (Å²) in [5, 5.41) is 0. The summed E-state index contributed by atoms with van der Waals surface area (Å²) in [7, 11) is 0. The summed E-state index contributed by atoms with van der Waals surface area (Å²) in [6, 6.07) is 0. The number of hydrogen-bond donors (Lipinski definition) is 0. The molecule has 2 aliphatic rings. The second kappa shape index (κ2) is 5.37. The van der Waals surface area contributed by atoms with Gasteiger partial charge in [0.25, 0.3) is 0 Å². The Hall–Kier alpha value is -0.670. The topological polar surface area (TPSA) is 20.3 Å². The first kappa shape index (κ1) is 14.7. The molecule has 1 aliphatic heterocycles. The zero-order valence-corrected chi connectivity index (χ0v) is 12.2. The fourth-order valence-electron chi connectivity index (χ4n) is 3.94. The normalized spacial score (nSPS) is 31.4. The van der Waals surface area contributed by atoms with Crippen molar-refractivity contribution in [3.05, 3.63) is 0 Å². The van der Waals surface area contributed by atoms with Crippen LogP contribution in [0.25, 0.3) is 0 Å². The summed E-state index contributed by atoms with van der Waals surface area (Å²) < 4.78 is 24.5. The van der Waals surface area contributed by atoms with Crippen molar-refractivity contribution < 1.29 is 13.6 Å². The molecule has 0 aromatic carbocycles. The van der Waals surface area contributed by atoms with E-state index in [4.69, 9.17) is 0 Å². The fourth-order valence-corrected chi connectivity index (χ4v) is 3.94. The number of halogens is 2. The Balaban J connectivity index is 1.84. The Morgan fingerprint density at radius 3 is 2.47 bits per heavy atom. The molecule has 110 valence electrons. The summed E-state index contributed by atoms with van der Waals surface area (Å²) in [6.07, 6.45) is 0.766. The van der Waals surface area contributed by atoms with Gasteiger partial charge < -0.3 is 4.90 Å². The van der Waals surface area contributed by atoms with Gasteiger partial charge >= 0.3 is 0 Å². The fraction of sp³-hybridized carbons (Fsp3) is 0.933. The number of hydrogen-bond acceptors (Lipinski definition) is 1. The minimum atomic E-state index is -2.24. The Labute approximate surface area is 114 Å². The van der Waals surface area contributed by atoms with Gasteiger partial charge in [0.1, 0.15) is 0 Å². The lowest BCUT2D eigenvalue weighted by molar-refractivity contribution is -0.146. The summed E-state index contributed by atoms with van der Waals surface area (Å²) in [5.74, 6) is 0.894. The Kier molecular flexibility index (Phi) is 4.17. The molecule has 4 heteroatoms. The van der Waals surface area contributed by atoms with E-state index in [2.05, 4.69) is 20.8 Å². The first-order valence-electron chi connectivity index (χ1n) is 7.34. The van der Waals surface area contributed by atoms with Crippen molar-refractivity contribution in [2.75, 3.05) is 13.1 Å². The molecule has 2 unspecified atom stereocenters. The number of alkyl halides is 2. The monoisotopic (exact) mass is 273 g/mol. The summed E-state index contributed by atoms with van der Waals surface area (Å²) >= 11 is 0. The van der Waals surface area contributed by atoms with E-state index in [1.807, 2.05) is 0 Å². The van der Waals surface area contributed by atoms with Crippen LogP contribution in [0.4, 0.5) is 8.78 Å². The minimum absolute atomic E-state index is 0.0120. The van der Waals surface area contributed by atoms with E-state index < -0.39 is 6.43 Å². The Bertz CT molecular complexity index is 337. The van der Waals surface area contributed by atoms with Gasteiger partial charge in [-0.25, -0.2) is 8.78 Å². The van der Waals surface area contributed by atoms with Gasteiger partial charge in [-0.2, -0.15) is 0 Å². The second-order valence-electron chi connectivity index (χ2n) is 7.35. The van der Waals surface area contributed by atoms with E-state index in [1.54, 1.807) is 4.90 Å². The van der Waals surface area contributed by atoms with Crippen LogP contribution in [0.15, 0.2) is 0 Å². The molecule has 2 nitrogen and oxygen atoms in total. The number of carbonyl (C=O) groups excluding carboxylic acids is 1.